The quantitative estimate of drug-likeness (QED) is 0.316. The Kier molecular flexibility index (Phi) is 8.24. The van der Waals surface area contributed by atoms with Crippen molar-refractivity contribution in [1.82, 2.24) is 15.2 Å². The van der Waals surface area contributed by atoms with Gasteiger partial charge in [0.05, 0.1) is 17.1 Å². The first kappa shape index (κ1) is 25.2. The number of amides is 3. The topological polar surface area (TPSA) is 118 Å². The summed E-state index contributed by atoms with van der Waals surface area (Å²) in [5.74, 6) is -1.93. The van der Waals surface area contributed by atoms with Crippen LogP contribution in [0.4, 0.5) is 9.18 Å². The lowest BCUT2D eigenvalue weighted by atomic mass is 10.1. The Balaban J connectivity index is 1.59. The van der Waals surface area contributed by atoms with Crippen molar-refractivity contribution in [2.75, 3.05) is 33.4 Å². The van der Waals surface area contributed by atoms with E-state index in [0.717, 1.165) is 16.7 Å². The van der Waals surface area contributed by atoms with Gasteiger partial charge >= 0.3 is 5.97 Å². The van der Waals surface area contributed by atoms with Crippen LogP contribution in [0.1, 0.15) is 37.7 Å². The van der Waals surface area contributed by atoms with Crippen molar-refractivity contribution in [2.24, 2.45) is 0 Å². The first-order valence-electron chi connectivity index (χ1n) is 10.4. The van der Waals surface area contributed by atoms with Crippen LogP contribution in [-0.2, 0) is 14.3 Å². The summed E-state index contributed by atoms with van der Waals surface area (Å²) < 4.78 is 23.0. The second kappa shape index (κ2) is 11.1. The van der Waals surface area contributed by atoms with E-state index in [9.17, 15) is 23.6 Å². The zero-order chi connectivity index (χ0) is 24.8. The number of hydrogen-bond acceptors (Lipinski definition) is 7. The summed E-state index contributed by atoms with van der Waals surface area (Å²) in [5, 5.41) is 2.19. The maximum absolute atomic E-state index is 13.1. The Labute approximate surface area is 199 Å². The smallest absolute Gasteiger partial charge is 0.340 e. The van der Waals surface area contributed by atoms with E-state index in [1.54, 1.807) is 13.8 Å². The fourth-order valence-corrected chi connectivity index (χ4v) is 4.21. The number of methoxy groups -OCH3 is 1. The molecule has 0 spiro atoms. The third-order valence-corrected chi connectivity index (χ3v) is 5.96. The van der Waals surface area contributed by atoms with Crippen LogP contribution in [0.3, 0.4) is 0 Å². The lowest BCUT2D eigenvalue weighted by Crippen LogP contribution is -2.37. The van der Waals surface area contributed by atoms with E-state index in [1.165, 1.54) is 37.5 Å². The number of halogens is 1. The van der Waals surface area contributed by atoms with Crippen molar-refractivity contribution in [3.63, 3.8) is 0 Å². The molecule has 0 saturated carbocycles. The molecule has 180 valence electrons. The molecule has 1 aromatic carbocycles. The fourth-order valence-electron chi connectivity index (χ4n) is 3.35. The first-order chi connectivity index (χ1) is 16.2. The van der Waals surface area contributed by atoms with Gasteiger partial charge in [-0.2, -0.15) is 0 Å². The number of esters is 1. The second-order valence-corrected chi connectivity index (χ2v) is 8.39. The minimum Gasteiger partial charge on any atom is -0.460 e. The largest absolute Gasteiger partial charge is 0.460 e. The number of ether oxygens (including phenoxy) is 2. The Morgan fingerprint density at radius 1 is 1.18 bits per heavy atom. The zero-order valence-corrected chi connectivity index (χ0v) is 19.7. The Morgan fingerprint density at radius 3 is 2.56 bits per heavy atom. The monoisotopic (exact) mass is 489 g/mol. The molecule has 0 atom stereocenters. The first-order valence-corrected chi connectivity index (χ1v) is 11.2. The van der Waals surface area contributed by atoms with E-state index in [-0.39, 0.29) is 42.5 Å². The number of rotatable bonds is 9. The molecule has 1 aromatic heterocycles. The van der Waals surface area contributed by atoms with E-state index in [2.05, 4.69) is 10.3 Å². The number of carbonyl (C=O) groups excluding carboxylic acids is 4. The number of nitrogens with zero attached hydrogens (tertiary/aromatic N) is 1. The van der Waals surface area contributed by atoms with Gasteiger partial charge < -0.3 is 19.8 Å². The number of imide groups is 1. The predicted molar refractivity (Wildman–Crippen MR) is 124 cm³/mol. The third kappa shape index (κ3) is 5.72. The van der Waals surface area contributed by atoms with Crippen LogP contribution in [0.15, 0.2) is 29.2 Å². The van der Waals surface area contributed by atoms with Gasteiger partial charge in [-0.25, -0.2) is 9.18 Å². The van der Waals surface area contributed by atoms with E-state index in [1.807, 2.05) is 0 Å². The molecule has 0 radical (unpaired) electrons. The normalized spacial score (nSPS) is 14.7. The van der Waals surface area contributed by atoms with Gasteiger partial charge in [-0.3, -0.25) is 19.3 Å². The van der Waals surface area contributed by atoms with Crippen molar-refractivity contribution in [3.05, 3.63) is 63.1 Å². The van der Waals surface area contributed by atoms with Crippen LogP contribution >= 0.6 is 11.8 Å². The molecule has 1 fully saturated rings. The highest BCUT2D eigenvalue weighted by atomic mass is 32.2. The Bertz CT molecular complexity index is 1140. The summed E-state index contributed by atoms with van der Waals surface area (Å²) in [5.41, 5.74) is 1.99. The van der Waals surface area contributed by atoms with Crippen LogP contribution in [0.5, 0.6) is 0 Å². The number of thioether (sulfide) groups is 1. The van der Waals surface area contributed by atoms with Gasteiger partial charge in [-0.1, -0.05) is 12.1 Å². The maximum Gasteiger partial charge on any atom is 0.340 e. The van der Waals surface area contributed by atoms with E-state index in [4.69, 9.17) is 9.47 Å². The Hall–Kier alpha value is -3.44. The summed E-state index contributed by atoms with van der Waals surface area (Å²) in [4.78, 5) is 53.9. The lowest BCUT2D eigenvalue weighted by Gasteiger charge is -2.13. The molecule has 1 aliphatic heterocycles. The van der Waals surface area contributed by atoms with Gasteiger partial charge in [0.25, 0.3) is 17.1 Å². The van der Waals surface area contributed by atoms with E-state index < -0.39 is 28.8 Å². The number of carbonyl (C=O) groups is 4. The van der Waals surface area contributed by atoms with Crippen molar-refractivity contribution < 1.29 is 33.0 Å². The average molecular weight is 490 g/mol. The molecule has 3 amide bonds. The number of aromatic amines is 1. The van der Waals surface area contributed by atoms with Crippen LogP contribution in [-0.4, -0.2) is 66.3 Å². The minimum absolute atomic E-state index is 0.0197. The number of hydrogen-bond donors (Lipinski definition) is 2. The fraction of sp³-hybridized carbons (Fsp3) is 0.304. The van der Waals surface area contributed by atoms with Crippen molar-refractivity contribution in [3.8, 4) is 0 Å². The second-order valence-electron chi connectivity index (χ2n) is 7.39. The zero-order valence-electron chi connectivity index (χ0n) is 18.9. The Morgan fingerprint density at radius 2 is 1.88 bits per heavy atom. The molecule has 3 rings (SSSR count). The van der Waals surface area contributed by atoms with Gasteiger partial charge in [-0.15, -0.1) is 0 Å². The van der Waals surface area contributed by atoms with Crippen molar-refractivity contribution in [2.45, 2.75) is 13.8 Å². The number of benzene rings is 1. The molecule has 0 bridgehead atoms. The summed E-state index contributed by atoms with van der Waals surface area (Å²) >= 11 is 0.781. The molecule has 11 heteroatoms. The molecule has 0 aliphatic carbocycles. The highest BCUT2D eigenvalue weighted by molar-refractivity contribution is 8.18. The summed E-state index contributed by atoms with van der Waals surface area (Å²) in [7, 11) is 1.49. The predicted octanol–water partition coefficient (Wildman–Crippen LogP) is 3.04. The number of aromatic nitrogens is 1. The molecule has 9 nitrogen and oxygen atoms in total. The molecule has 1 saturated heterocycles. The van der Waals surface area contributed by atoms with Crippen molar-refractivity contribution in [1.29, 1.82) is 0 Å². The molecule has 1 aliphatic rings. The molecule has 2 aromatic rings. The summed E-state index contributed by atoms with van der Waals surface area (Å²) in [6, 6.07) is 5.54. The molecule has 0 unspecified atom stereocenters. The van der Waals surface area contributed by atoms with Gasteiger partial charge in [0.15, 0.2) is 0 Å². The van der Waals surface area contributed by atoms with E-state index >= 15 is 0 Å². The molecular weight excluding hydrogens is 465 g/mol. The standard InChI is InChI=1S/C23H24FN3O6S/c1-13-18(22(30)33-11-10-32-3)14(2)26-19(13)20(28)25-8-9-27-21(29)17(34-23(27)31)12-15-4-6-16(24)7-5-15/h4-7,12,26H,8-11H2,1-3H3,(H,25,28)/b17-12-. The molecule has 34 heavy (non-hydrogen) atoms. The molecule has 2 N–H and O–H groups in total. The van der Waals surface area contributed by atoms with Crippen molar-refractivity contribution >= 4 is 40.9 Å². The maximum atomic E-state index is 13.1. The van der Waals surface area contributed by atoms with Crippen LogP contribution in [0, 0.1) is 19.7 Å². The lowest BCUT2D eigenvalue weighted by molar-refractivity contribution is -0.122. The SMILES string of the molecule is COCCOC(=O)c1c(C)[nH]c(C(=O)NCCN2C(=O)S/C(=C\c3ccc(F)cc3)C2=O)c1C. The van der Waals surface area contributed by atoms with Gasteiger partial charge in [0.2, 0.25) is 0 Å². The molecular formula is C23H24FN3O6S. The average Bonchev–Trinajstić information content (AvgIpc) is 3.24. The highest BCUT2D eigenvalue weighted by Crippen LogP contribution is 2.32. The summed E-state index contributed by atoms with van der Waals surface area (Å²) in [6.07, 6.45) is 1.52. The number of aryl methyl sites for hydroxylation is 1. The van der Waals surface area contributed by atoms with Crippen LogP contribution in [0.2, 0.25) is 0 Å². The van der Waals surface area contributed by atoms with Crippen LogP contribution in [0.25, 0.3) is 6.08 Å². The number of H-pyrrole nitrogens is 1. The minimum atomic E-state index is -0.562. The van der Waals surface area contributed by atoms with E-state index in [0.29, 0.717) is 16.8 Å². The highest BCUT2D eigenvalue weighted by Gasteiger charge is 2.34. The van der Waals surface area contributed by atoms with Crippen LogP contribution < -0.4 is 5.32 Å². The van der Waals surface area contributed by atoms with Gasteiger partial charge in [-0.05, 0) is 54.9 Å². The van der Waals surface area contributed by atoms with Gasteiger partial charge in [0.1, 0.15) is 18.1 Å². The number of nitrogens with one attached hydrogen (secondary N) is 2. The van der Waals surface area contributed by atoms with Gasteiger partial charge in [0, 0.05) is 25.9 Å². The third-order valence-electron chi connectivity index (χ3n) is 5.05. The molecule has 2 heterocycles. The summed E-state index contributed by atoms with van der Waals surface area (Å²) in [6.45, 7) is 3.63.